The van der Waals surface area contributed by atoms with Crippen LogP contribution in [0.5, 0.6) is 0 Å². The maximum absolute atomic E-state index is 15.5. The predicted octanol–water partition coefficient (Wildman–Crippen LogP) is 6.12. The van der Waals surface area contributed by atoms with Gasteiger partial charge in [0, 0.05) is 35.2 Å². The first-order valence-electron chi connectivity index (χ1n) is 13.1. The smallest absolute Gasteiger partial charge is 0.255 e. The molecule has 2 amide bonds. The Morgan fingerprint density at radius 3 is 2.45 bits per heavy atom. The summed E-state index contributed by atoms with van der Waals surface area (Å²) in [6.45, 7) is 7.05. The minimum Gasteiger partial charge on any atom is -0.324 e. The van der Waals surface area contributed by atoms with Crippen LogP contribution in [0, 0.1) is 5.82 Å². The molecule has 0 atom stereocenters. The molecule has 0 unspecified atom stereocenters. The molecular formula is C31H32FN5O2S. The first-order valence-corrected chi connectivity index (χ1v) is 14.5. The normalized spacial score (nSPS) is 14.7. The van der Waals surface area contributed by atoms with Crippen molar-refractivity contribution >= 4 is 46.6 Å². The van der Waals surface area contributed by atoms with E-state index in [1.807, 2.05) is 41.3 Å². The summed E-state index contributed by atoms with van der Waals surface area (Å²) in [5.41, 5.74) is 3.81. The third-order valence-corrected chi connectivity index (χ3v) is 7.85. The summed E-state index contributed by atoms with van der Waals surface area (Å²) < 4.78 is 15.5. The molecule has 0 spiro atoms. The predicted molar refractivity (Wildman–Crippen MR) is 163 cm³/mol. The fourth-order valence-corrected chi connectivity index (χ4v) is 5.41. The molecule has 1 saturated heterocycles. The highest BCUT2D eigenvalue weighted by Crippen LogP contribution is 2.29. The highest BCUT2D eigenvalue weighted by atomic mass is 32.2. The molecule has 1 fully saturated rings. The van der Waals surface area contributed by atoms with Crippen molar-refractivity contribution < 1.29 is 14.0 Å². The minimum absolute atomic E-state index is 0.0299. The van der Waals surface area contributed by atoms with Crippen molar-refractivity contribution in [1.29, 1.82) is 0 Å². The molecule has 40 heavy (non-hydrogen) atoms. The molecule has 0 radical (unpaired) electrons. The largest absolute Gasteiger partial charge is 0.324 e. The van der Waals surface area contributed by atoms with Crippen LogP contribution in [-0.2, 0) is 10.2 Å². The number of hydrogen-bond donors (Lipinski definition) is 2. The molecule has 5 rings (SSSR count). The van der Waals surface area contributed by atoms with Crippen molar-refractivity contribution in [3.8, 4) is 11.3 Å². The van der Waals surface area contributed by atoms with Crippen molar-refractivity contribution in [1.82, 2.24) is 9.97 Å². The summed E-state index contributed by atoms with van der Waals surface area (Å²) in [5.74, 6) is 1.11. The number of nitrogens with zero attached hydrogens (tertiary/aromatic N) is 3. The number of rotatable bonds is 6. The van der Waals surface area contributed by atoms with Crippen LogP contribution >= 0.6 is 11.8 Å². The van der Waals surface area contributed by atoms with Gasteiger partial charge in [-0.15, -0.1) is 0 Å². The van der Waals surface area contributed by atoms with Crippen LogP contribution in [0.4, 0.5) is 27.4 Å². The molecule has 1 aromatic heterocycles. The molecule has 9 heteroatoms. The van der Waals surface area contributed by atoms with Gasteiger partial charge in [-0.3, -0.25) is 21.4 Å². The third-order valence-electron chi connectivity index (χ3n) is 6.72. The Morgan fingerprint density at radius 2 is 1.75 bits per heavy atom. The number of halogens is 1. The summed E-state index contributed by atoms with van der Waals surface area (Å²) in [7, 11) is 0. The van der Waals surface area contributed by atoms with Crippen LogP contribution in [0.1, 0.15) is 36.7 Å². The van der Waals surface area contributed by atoms with E-state index in [9.17, 15) is 9.59 Å². The monoisotopic (exact) mass is 557 g/mol. The highest BCUT2D eigenvalue weighted by Gasteiger charge is 2.19. The Kier molecular flexibility index (Phi) is 7.84. The number of nitrogens with one attached hydrogen (secondary N) is 2. The van der Waals surface area contributed by atoms with Crippen LogP contribution in [0.3, 0.4) is 0 Å². The number of benzene rings is 3. The van der Waals surface area contributed by atoms with Gasteiger partial charge in [-0.2, -0.15) is 0 Å². The summed E-state index contributed by atoms with van der Waals surface area (Å²) >= 11 is 0.698. The van der Waals surface area contributed by atoms with E-state index in [0.717, 1.165) is 29.2 Å². The molecule has 2 heterocycles. The average Bonchev–Trinajstić information content (AvgIpc) is 2.95. The second-order valence-electron chi connectivity index (χ2n) is 10.6. The third kappa shape index (κ3) is 6.15. The zero-order valence-electron chi connectivity index (χ0n) is 22.7. The molecule has 2 N–H and O–H groups in total. The van der Waals surface area contributed by atoms with Crippen molar-refractivity contribution in [2.24, 2.45) is 0 Å². The van der Waals surface area contributed by atoms with Gasteiger partial charge in [0.25, 0.3) is 5.91 Å². The minimum atomic E-state index is -0.581. The summed E-state index contributed by atoms with van der Waals surface area (Å²) in [6.07, 6.45) is 1.55. The van der Waals surface area contributed by atoms with Crippen LogP contribution < -0.4 is 15.5 Å². The quantitative estimate of drug-likeness (QED) is 0.298. The van der Waals surface area contributed by atoms with E-state index in [0.29, 0.717) is 34.7 Å². The Hall–Kier alpha value is -4.24. The van der Waals surface area contributed by atoms with Gasteiger partial charge in [0.05, 0.1) is 17.1 Å². The highest BCUT2D eigenvalue weighted by molar-refractivity contribution is 8.00. The number of carbonyl (C=O) groups is 2. The van der Waals surface area contributed by atoms with Gasteiger partial charge >= 0.3 is 0 Å². The molecular weight excluding hydrogens is 525 g/mol. The van der Waals surface area contributed by atoms with Crippen LogP contribution in [0.2, 0.25) is 0 Å². The topological polar surface area (TPSA) is 87.2 Å². The molecule has 7 nitrogen and oxygen atoms in total. The molecule has 3 aromatic carbocycles. The zero-order valence-corrected chi connectivity index (χ0v) is 23.7. The van der Waals surface area contributed by atoms with E-state index in [4.69, 9.17) is 0 Å². The molecule has 1 aliphatic heterocycles. The number of anilines is 4. The number of carbonyl (C=O) groups excluding carboxylic acids is 2. The maximum atomic E-state index is 15.5. The first-order chi connectivity index (χ1) is 19.2. The lowest BCUT2D eigenvalue weighted by atomic mass is 9.87. The Morgan fingerprint density at radius 1 is 1.00 bits per heavy atom. The standard InChI is InChI=1S/C31H32FN5O2S/c1-31(2,3)21-9-7-20(8-10-21)29(39)35-26-6-4-5-24(28(26)32)25-15-16-33-30(36-25)34-22-11-13-23(14-12-22)37-17-18-40-19-27(37)38/h4-16H,17-19,40H2,1-3H3,(H,35,39)(H,33,34,36). The summed E-state index contributed by atoms with van der Waals surface area (Å²) in [5, 5.41) is 5.83. The first kappa shape index (κ1) is 27.3. The van der Waals surface area contributed by atoms with Crippen molar-refractivity contribution in [2.45, 2.75) is 26.2 Å². The fraction of sp³-hybridized carbons (Fsp3) is 0.226. The number of aromatic nitrogens is 2. The van der Waals surface area contributed by atoms with E-state index >= 15 is 4.39 Å². The van der Waals surface area contributed by atoms with Gasteiger partial charge in [0.15, 0.2) is 5.82 Å². The molecule has 206 valence electrons. The molecule has 1 aliphatic rings. The van der Waals surface area contributed by atoms with Gasteiger partial charge in [0.1, 0.15) is 0 Å². The summed E-state index contributed by atoms with van der Waals surface area (Å²) in [4.78, 5) is 35.6. The second kappa shape index (κ2) is 11.5. The maximum Gasteiger partial charge on any atom is 0.255 e. The number of hydrogen-bond acceptors (Lipinski definition) is 5. The average molecular weight is 558 g/mol. The van der Waals surface area contributed by atoms with Crippen molar-refractivity contribution in [3.05, 3.63) is 95.9 Å². The van der Waals surface area contributed by atoms with Crippen molar-refractivity contribution in [3.63, 3.8) is 0 Å². The Bertz CT molecular complexity index is 1540. The zero-order chi connectivity index (χ0) is 28.3. The lowest BCUT2D eigenvalue weighted by Crippen LogP contribution is -2.38. The van der Waals surface area contributed by atoms with E-state index < -0.39 is 11.7 Å². The van der Waals surface area contributed by atoms with Crippen molar-refractivity contribution in [2.75, 3.05) is 33.6 Å². The Balaban J connectivity index is 1.30. The lowest BCUT2D eigenvalue weighted by Gasteiger charge is -2.27. The Labute approximate surface area is 237 Å². The molecule has 0 saturated carbocycles. The van der Waals surface area contributed by atoms with E-state index in [1.54, 1.807) is 36.5 Å². The number of amides is 2. The van der Waals surface area contributed by atoms with Gasteiger partial charge in [0.2, 0.25) is 11.9 Å². The van der Waals surface area contributed by atoms with E-state index in [-0.39, 0.29) is 22.6 Å². The van der Waals surface area contributed by atoms with Gasteiger partial charge in [-0.05, 0) is 71.3 Å². The molecule has 0 bridgehead atoms. The molecule has 0 aliphatic carbocycles. The van der Waals surface area contributed by atoms with Crippen LogP contribution in [0.25, 0.3) is 11.3 Å². The fourth-order valence-electron chi connectivity index (χ4n) is 4.44. The van der Waals surface area contributed by atoms with Crippen LogP contribution in [-0.4, -0.2) is 39.8 Å². The van der Waals surface area contributed by atoms with Gasteiger partial charge < -0.3 is 15.5 Å². The van der Waals surface area contributed by atoms with Gasteiger partial charge in [-0.1, -0.05) is 39.0 Å². The summed E-state index contributed by atoms with van der Waals surface area (Å²) in [6, 6.07) is 21.3. The lowest BCUT2D eigenvalue weighted by molar-refractivity contribution is -0.116. The van der Waals surface area contributed by atoms with E-state index in [2.05, 4.69) is 41.4 Å². The molecule has 4 aromatic rings. The van der Waals surface area contributed by atoms with Crippen LogP contribution in [0.15, 0.2) is 79.0 Å². The van der Waals surface area contributed by atoms with Gasteiger partial charge in [-0.25, -0.2) is 14.4 Å². The van der Waals surface area contributed by atoms with E-state index in [1.165, 1.54) is 6.07 Å². The second-order valence-corrected chi connectivity index (χ2v) is 12.0. The SMILES string of the molecule is CC(C)(C)c1ccc(C(=O)Nc2cccc(-c3ccnc(Nc4ccc(N5CC[SH2]CC5=O)cc4)n3)c2F)cc1.